The number of rotatable bonds is 6. The van der Waals surface area contributed by atoms with Crippen LogP contribution in [0.25, 0.3) is 0 Å². The number of guanidine groups is 1. The number of halogens is 2. The predicted octanol–water partition coefficient (Wildman–Crippen LogP) is 4.10. The molecule has 0 radical (unpaired) electrons. The van der Waals surface area contributed by atoms with Crippen LogP contribution in [0.2, 0.25) is 5.02 Å². The predicted molar refractivity (Wildman–Crippen MR) is 126 cm³/mol. The maximum Gasteiger partial charge on any atom is 0.191 e. The van der Waals surface area contributed by atoms with E-state index in [-0.39, 0.29) is 24.0 Å². The molecule has 1 aromatic carbocycles. The Kier molecular flexibility index (Phi) is 9.10. The van der Waals surface area contributed by atoms with E-state index in [0.29, 0.717) is 30.5 Å². The summed E-state index contributed by atoms with van der Waals surface area (Å²) in [5.74, 6) is 2.15. The van der Waals surface area contributed by atoms with Crippen molar-refractivity contribution in [3.63, 3.8) is 0 Å². The van der Waals surface area contributed by atoms with Crippen LogP contribution in [-0.4, -0.2) is 37.2 Å². The van der Waals surface area contributed by atoms with Crippen LogP contribution in [0.4, 0.5) is 0 Å². The van der Waals surface area contributed by atoms with Crippen molar-refractivity contribution in [2.45, 2.75) is 33.7 Å². The molecule has 2 heterocycles. The highest BCUT2D eigenvalue weighted by atomic mass is 127. The Labute approximate surface area is 192 Å². The number of ether oxygens (including phenoxy) is 2. The maximum atomic E-state index is 6.30. The van der Waals surface area contributed by atoms with Gasteiger partial charge in [0.1, 0.15) is 18.2 Å². The Hall–Kier alpha value is -1.26. The molecular formula is C19H26ClIN4O2S. The third kappa shape index (κ3) is 6.12. The molecule has 0 saturated heterocycles. The van der Waals surface area contributed by atoms with Crippen molar-refractivity contribution in [3.8, 4) is 11.5 Å². The first-order valence-corrected chi connectivity index (χ1v) is 10.3. The molecule has 2 aromatic rings. The number of aliphatic imine (C=N–C) groups is 1. The molecule has 0 atom stereocenters. The Morgan fingerprint density at radius 1 is 1.25 bits per heavy atom. The second-order valence-electron chi connectivity index (χ2n) is 6.22. The number of benzene rings is 1. The van der Waals surface area contributed by atoms with Gasteiger partial charge in [-0.3, -0.25) is 0 Å². The normalized spacial score (nSPS) is 13.1. The molecular weight excluding hydrogens is 511 g/mol. The van der Waals surface area contributed by atoms with E-state index in [0.717, 1.165) is 47.5 Å². The van der Waals surface area contributed by atoms with Crippen LogP contribution in [0.15, 0.2) is 17.1 Å². The van der Waals surface area contributed by atoms with Gasteiger partial charge >= 0.3 is 0 Å². The zero-order valence-electron chi connectivity index (χ0n) is 16.3. The van der Waals surface area contributed by atoms with E-state index in [1.807, 2.05) is 19.1 Å². The van der Waals surface area contributed by atoms with Gasteiger partial charge in [-0.05, 0) is 44.9 Å². The lowest BCUT2D eigenvalue weighted by molar-refractivity contribution is 0.171. The Morgan fingerprint density at radius 2 is 2.04 bits per heavy atom. The topological polar surface area (TPSA) is 67.8 Å². The Balaban J connectivity index is 0.00000280. The van der Waals surface area contributed by atoms with Crippen molar-refractivity contribution < 1.29 is 9.47 Å². The van der Waals surface area contributed by atoms with E-state index in [1.165, 1.54) is 4.88 Å². The van der Waals surface area contributed by atoms with E-state index in [9.17, 15) is 0 Å². The van der Waals surface area contributed by atoms with Crippen LogP contribution >= 0.6 is 46.9 Å². The number of hydrogen-bond donors (Lipinski definition) is 2. The molecule has 154 valence electrons. The highest BCUT2D eigenvalue weighted by molar-refractivity contribution is 14.0. The highest BCUT2D eigenvalue weighted by Gasteiger charge is 2.16. The third-order valence-electron chi connectivity index (χ3n) is 4.15. The summed E-state index contributed by atoms with van der Waals surface area (Å²) in [7, 11) is 0. The van der Waals surface area contributed by atoms with Crippen LogP contribution in [0, 0.1) is 13.8 Å². The molecule has 9 heteroatoms. The van der Waals surface area contributed by atoms with Crippen molar-refractivity contribution in [3.05, 3.63) is 38.3 Å². The SMILES string of the molecule is CCNC(=NCc1nc(C)c(C)s1)NCCc1cc(Cl)c2c(c1)OCCO2.I. The largest absolute Gasteiger partial charge is 0.486 e. The number of fused-ring (bicyclic) bond motifs is 1. The maximum absolute atomic E-state index is 6.30. The number of aromatic nitrogens is 1. The molecule has 0 aliphatic carbocycles. The zero-order chi connectivity index (χ0) is 19.2. The minimum Gasteiger partial charge on any atom is -0.486 e. The van der Waals surface area contributed by atoms with Gasteiger partial charge in [0.05, 0.1) is 17.3 Å². The summed E-state index contributed by atoms with van der Waals surface area (Å²) in [6, 6.07) is 3.93. The molecule has 6 nitrogen and oxygen atoms in total. The molecule has 0 bridgehead atoms. The third-order valence-corrected chi connectivity index (χ3v) is 5.49. The molecule has 1 aliphatic heterocycles. The van der Waals surface area contributed by atoms with Gasteiger partial charge in [-0.25, -0.2) is 9.98 Å². The molecule has 3 rings (SSSR count). The summed E-state index contributed by atoms with van der Waals surface area (Å²) in [4.78, 5) is 10.4. The number of aryl methyl sites for hydroxylation is 2. The van der Waals surface area contributed by atoms with Gasteiger partial charge in [0, 0.05) is 18.0 Å². The van der Waals surface area contributed by atoms with Crippen LogP contribution in [-0.2, 0) is 13.0 Å². The lowest BCUT2D eigenvalue weighted by Gasteiger charge is -2.20. The number of nitrogens with one attached hydrogen (secondary N) is 2. The van der Waals surface area contributed by atoms with Crippen molar-refractivity contribution in [2.24, 2.45) is 4.99 Å². The minimum atomic E-state index is 0. The minimum absolute atomic E-state index is 0. The molecule has 2 N–H and O–H groups in total. The van der Waals surface area contributed by atoms with Gasteiger partial charge in [0.25, 0.3) is 0 Å². The summed E-state index contributed by atoms with van der Waals surface area (Å²) in [6.45, 7) is 9.37. The fourth-order valence-corrected chi connectivity index (χ4v) is 3.88. The average molecular weight is 537 g/mol. The number of hydrogen-bond acceptors (Lipinski definition) is 5. The summed E-state index contributed by atoms with van der Waals surface area (Å²) in [5, 5.41) is 8.25. The Morgan fingerprint density at radius 3 is 2.75 bits per heavy atom. The second kappa shape index (κ2) is 11.1. The van der Waals surface area contributed by atoms with Crippen molar-refractivity contribution in [1.29, 1.82) is 0 Å². The molecule has 0 fully saturated rings. The van der Waals surface area contributed by atoms with Crippen molar-refractivity contribution in [1.82, 2.24) is 15.6 Å². The molecule has 28 heavy (non-hydrogen) atoms. The van der Waals surface area contributed by atoms with Crippen molar-refractivity contribution in [2.75, 3.05) is 26.3 Å². The van der Waals surface area contributed by atoms with E-state index < -0.39 is 0 Å². The Bertz CT molecular complexity index is 809. The van der Waals surface area contributed by atoms with Gasteiger partial charge in [-0.15, -0.1) is 35.3 Å². The zero-order valence-corrected chi connectivity index (χ0v) is 20.2. The smallest absolute Gasteiger partial charge is 0.191 e. The van der Waals surface area contributed by atoms with E-state index in [1.54, 1.807) is 11.3 Å². The fourth-order valence-electron chi connectivity index (χ4n) is 2.73. The monoisotopic (exact) mass is 536 g/mol. The highest BCUT2D eigenvalue weighted by Crippen LogP contribution is 2.38. The standard InChI is InChI=1S/C19H25ClN4O2S.HI/c1-4-21-19(23-11-17-24-12(2)13(3)27-17)22-6-5-14-9-15(20)18-16(10-14)25-7-8-26-18;/h9-10H,4-8,11H2,1-3H3,(H2,21,22,23);1H. The van der Waals surface area contributed by atoms with Gasteiger partial charge in [-0.1, -0.05) is 11.6 Å². The van der Waals surface area contributed by atoms with E-state index >= 15 is 0 Å². The second-order valence-corrected chi connectivity index (χ2v) is 7.92. The lowest BCUT2D eigenvalue weighted by Crippen LogP contribution is -2.38. The molecule has 0 amide bonds. The summed E-state index contributed by atoms with van der Waals surface area (Å²) in [6.07, 6.45) is 0.802. The first-order chi connectivity index (χ1) is 13.1. The van der Waals surface area contributed by atoms with Gasteiger partial charge in [0.15, 0.2) is 17.5 Å². The molecule has 0 saturated carbocycles. The summed E-state index contributed by atoms with van der Waals surface area (Å²) in [5.41, 5.74) is 2.18. The fraction of sp³-hybridized carbons (Fsp3) is 0.474. The number of nitrogens with zero attached hydrogens (tertiary/aromatic N) is 2. The van der Waals surface area contributed by atoms with Crippen LogP contribution < -0.4 is 20.1 Å². The first-order valence-electron chi connectivity index (χ1n) is 9.10. The van der Waals surface area contributed by atoms with Gasteiger partial charge in [0.2, 0.25) is 0 Å². The van der Waals surface area contributed by atoms with Crippen LogP contribution in [0.5, 0.6) is 11.5 Å². The quantitative estimate of drug-likeness (QED) is 0.331. The van der Waals surface area contributed by atoms with E-state index in [2.05, 4.69) is 34.5 Å². The van der Waals surface area contributed by atoms with Crippen molar-refractivity contribution >= 4 is 52.9 Å². The number of thiazole rings is 1. The first kappa shape index (κ1) is 23.0. The molecule has 1 aliphatic rings. The molecule has 0 unspecified atom stereocenters. The van der Waals surface area contributed by atoms with Crippen LogP contribution in [0.1, 0.15) is 28.1 Å². The van der Waals surface area contributed by atoms with Crippen LogP contribution in [0.3, 0.4) is 0 Å². The summed E-state index contributed by atoms with van der Waals surface area (Å²) < 4.78 is 11.2. The average Bonchev–Trinajstić information content (AvgIpc) is 2.97. The summed E-state index contributed by atoms with van der Waals surface area (Å²) >= 11 is 8.00. The lowest BCUT2D eigenvalue weighted by atomic mass is 10.1. The van der Waals surface area contributed by atoms with Gasteiger partial charge in [-0.2, -0.15) is 0 Å². The van der Waals surface area contributed by atoms with E-state index in [4.69, 9.17) is 21.1 Å². The molecule has 0 spiro atoms. The molecule has 1 aromatic heterocycles. The van der Waals surface area contributed by atoms with Gasteiger partial charge < -0.3 is 20.1 Å².